The van der Waals surface area contributed by atoms with E-state index in [9.17, 15) is 18.0 Å². The second kappa shape index (κ2) is 4.72. The van der Waals surface area contributed by atoms with Crippen LogP contribution in [0.5, 0.6) is 0 Å². The molecule has 0 saturated carbocycles. The molecule has 0 unspecified atom stereocenters. The average Bonchev–Trinajstić information content (AvgIpc) is 1.97. The Morgan fingerprint density at radius 1 is 1.36 bits per heavy atom. The largest absolute Gasteiger partial charge is 0.481 e. The van der Waals surface area contributed by atoms with Gasteiger partial charge in [-0.1, -0.05) is 6.58 Å². The number of hydrogen-bond acceptors (Lipinski definition) is 4. The SMILES string of the molecule is C=C(CC(=O)O)C(=O)NCS(=O)(=O)O. The van der Waals surface area contributed by atoms with Gasteiger partial charge in [0.1, 0.15) is 5.88 Å². The predicted molar refractivity (Wildman–Crippen MR) is 46.0 cm³/mol. The summed E-state index contributed by atoms with van der Waals surface area (Å²) in [7, 11) is -4.30. The maximum absolute atomic E-state index is 10.9. The molecule has 0 fully saturated rings. The second-order valence-corrected chi connectivity index (χ2v) is 3.86. The van der Waals surface area contributed by atoms with Crippen LogP contribution >= 0.6 is 0 Å². The highest BCUT2D eigenvalue weighted by molar-refractivity contribution is 7.85. The van der Waals surface area contributed by atoms with Crippen LogP contribution in [0.4, 0.5) is 0 Å². The lowest BCUT2D eigenvalue weighted by atomic mass is 10.2. The number of rotatable bonds is 5. The Hall–Kier alpha value is -1.41. The first-order valence-electron chi connectivity index (χ1n) is 3.35. The zero-order valence-electron chi connectivity index (χ0n) is 7.06. The molecule has 0 radical (unpaired) electrons. The van der Waals surface area contributed by atoms with E-state index in [0.717, 1.165) is 0 Å². The van der Waals surface area contributed by atoms with E-state index in [0.29, 0.717) is 0 Å². The molecule has 8 heteroatoms. The molecular formula is C6H9NO6S. The Morgan fingerprint density at radius 2 is 1.86 bits per heavy atom. The van der Waals surface area contributed by atoms with Crippen LogP contribution in [0, 0.1) is 0 Å². The summed E-state index contributed by atoms with van der Waals surface area (Å²) in [5, 5.41) is 10.0. The summed E-state index contributed by atoms with van der Waals surface area (Å²) in [5.74, 6) is -3.15. The van der Waals surface area contributed by atoms with Crippen LogP contribution in [-0.4, -0.2) is 35.8 Å². The van der Waals surface area contributed by atoms with Crippen LogP contribution in [0.1, 0.15) is 6.42 Å². The molecule has 0 bridgehead atoms. The van der Waals surface area contributed by atoms with Crippen molar-refractivity contribution < 1.29 is 27.7 Å². The number of aliphatic carboxylic acids is 1. The van der Waals surface area contributed by atoms with Gasteiger partial charge in [-0.15, -0.1) is 0 Å². The number of carboxylic acids is 1. The van der Waals surface area contributed by atoms with Gasteiger partial charge in [0.15, 0.2) is 0 Å². The molecule has 0 aromatic carbocycles. The molecule has 7 nitrogen and oxygen atoms in total. The molecule has 0 aliphatic carbocycles. The molecule has 0 heterocycles. The summed E-state index contributed by atoms with van der Waals surface area (Å²) in [6.07, 6.45) is -0.586. The minimum absolute atomic E-state index is 0.291. The van der Waals surface area contributed by atoms with Gasteiger partial charge in [0.2, 0.25) is 5.91 Å². The van der Waals surface area contributed by atoms with E-state index in [4.69, 9.17) is 9.66 Å². The van der Waals surface area contributed by atoms with Crippen molar-refractivity contribution in [3.63, 3.8) is 0 Å². The quantitative estimate of drug-likeness (QED) is 0.405. The molecule has 80 valence electrons. The monoisotopic (exact) mass is 223 g/mol. The average molecular weight is 223 g/mol. The van der Waals surface area contributed by atoms with Gasteiger partial charge in [0.05, 0.1) is 6.42 Å². The van der Waals surface area contributed by atoms with E-state index in [-0.39, 0.29) is 5.57 Å². The van der Waals surface area contributed by atoms with Crippen molar-refractivity contribution in [3.8, 4) is 0 Å². The molecule has 0 rings (SSSR count). The molecule has 0 aliphatic heterocycles. The van der Waals surface area contributed by atoms with E-state index in [2.05, 4.69) is 6.58 Å². The first kappa shape index (κ1) is 12.6. The fourth-order valence-corrected chi connectivity index (χ4v) is 0.858. The highest BCUT2D eigenvalue weighted by Gasteiger charge is 2.13. The van der Waals surface area contributed by atoms with Gasteiger partial charge in [-0.2, -0.15) is 8.42 Å². The maximum atomic E-state index is 10.9. The highest BCUT2D eigenvalue weighted by atomic mass is 32.2. The molecule has 1 amide bonds. The van der Waals surface area contributed by atoms with E-state index in [1.54, 1.807) is 5.32 Å². The molecule has 0 aromatic rings. The van der Waals surface area contributed by atoms with E-state index in [1.165, 1.54) is 0 Å². The van der Waals surface area contributed by atoms with Gasteiger partial charge in [-0.25, -0.2) is 0 Å². The second-order valence-electron chi connectivity index (χ2n) is 2.41. The normalized spacial score (nSPS) is 10.6. The van der Waals surface area contributed by atoms with Crippen LogP contribution < -0.4 is 5.32 Å². The van der Waals surface area contributed by atoms with Gasteiger partial charge >= 0.3 is 5.97 Å². The summed E-state index contributed by atoms with van der Waals surface area (Å²) < 4.78 is 28.6. The van der Waals surface area contributed by atoms with Gasteiger partial charge in [0.25, 0.3) is 10.1 Å². The Kier molecular flexibility index (Phi) is 4.25. The minimum atomic E-state index is -4.30. The standard InChI is InChI=1S/C6H9NO6S/c1-4(2-5(8)9)6(10)7-3-14(11,12)13/h1-3H2,(H,7,10)(H,8,9)(H,11,12,13). The third kappa shape index (κ3) is 6.14. The Balaban J connectivity index is 4.10. The van der Waals surface area contributed by atoms with Crippen LogP contribution in [0.15, 0.2) is 12.2 Å². The number of amides is 1. The molecule has 0 spiro atoms. The smallest absolute Gasteiger partial charge is 0.308 e. The van der Waals surface area contributed by atoms with Gasteiger partial charge in [-0.3, -0.25) is 14.1 Å². The van der Waals surface area contributed by atoms with E-state index in [1.807, 2.05) is 0 Å². The summed E-state index contributed by atoms with van der Waals surface area (Å²) in [6.45, 7) is 3.13. The lowest BCUT2D eigenvalue weighted by molar-refractivity contribution is -0.137. The molecular weight excluding hydrogens is 214 g/mol. The zero-order chi connectivity index (χ0) is 11.4. The molecule has 0 atom stereocenters. The fourth-order valence-electron chi connectivity index (χ4n) is 0.545. The van der Waals surface area contributed by atoms with Gasteiger partial charge in [0, 0.05) is 5.57 Å². The van der Waals surface area contributed by atoms with E-state index >= 15 is 0 Å². The Bertz CT molecular complexity index is 357. The summed E-state index contributed by atoms with van der Waals surface area (Å²) >= 11 is 0. The first-order chi connectivity index (χ1) is 6.22. The molecule has 0 aromatic heterocycles. The number of carboxylic acid groups (broad SMARTS) is 1. The zero-order valence-corrected chi connectivity index (χ0v) is 7.87. The van der Waals surface area contributed by atoms with Crippen molar-refractivity contribution in [1.29, 1.82) is 0 Å². The van der Waals surface area contributed by atoms with Crippen molar-refractivity contribution in [2.75, 3.05) is 5.88 Å². The van der Waals surface area contributed by atoms with Crippen molar-refractivity contribution in [1.82, 2.24) is 5.32 Å². The van der Waals surface area contributed by atoms with Gasteiger partial charge in [-0.05, 0) is 0 Å². The van der Waals surface area contributed by atoms with Crippen molar-refractivity contribution in [3.05, 3.63) is 12.2 Å². The highest BCUT2D eigenvalue weighted by Crippen LogP contribution is 1.97. The molecule has 0 saturated heterocycles. The first-order valence-corrected chi connectivity index (χ1v) is 4.96. The number of nitrogens with one attached hydrogen (secondary N) is 1. The maximum Gasteiger partial charge on any atom is 0.308 e. The molecule has 0 aliphatic rings. The third-order valence-electron chi connectivity index (χ3n) is 1.10. The van der Waals surface area contributed by atoms with Crippen LogP contribution in [0.2, 0.25) is 0 Å². The van der Waals surface area contributed by atoms with E-state index < -0.39 is 34.3 Å². The topological polar surface area (TPSA) is 121 Å². The summed E-state index contributed by atoms with van der Waals surface area (Å²) in [6, 6.07) is 0. The number of hydrogen-bond donors (Lipinski definition) is 3. The van der Waals surface area contributed by atoms with Crippen molar-refractivity contribution >= 4 is 22.0 Å². The van der Waals surface area contributed by atoms with Crippen molar-refractivity contribution in [2.24, 2.45) is 0 Å². The third-order valence-corrected chi connectivity index (χ3v) is 1.61. The van der Waals surface area contributed by atoms with Crippen molar-refractivity contribution in [2.45, 2.75) is 6.42 Å². The van der Waals surface area contributed by atoms with Crippen LogP contribution in [0.3, 0.4) is 0 Å². The lowest BCUT2D eigenvalue weighted by Gasteiger charge is -2.03. The van der Waals surface area contributed by atoms with Crippen LogP contribution in [0.25, 0.3) is 0 Å². The minimum Gasteiger partial charge on any atom is -0.481 e. The lowest BCUT2D eigenvalue weighted by Crippen LogP contribution is -2.30. The van der Waals surface area contributed by atoms with Gasteiger partial charge < -0.3 is 10.4 Å². The number of carbonyl (C=O) groups is 2. The Labute approximate surface area is 80.2 Å². The summed E-state index contributed by atoms with van der Waals surface area (Å²) in [4.78, 5) is 21.0. The molecule has 14 heavy (non-hydrogen) atoms. The number of carbonyl (C=O) groups excluding carboxylic acids is 1. The van der Waals surface area contributed by atoms with Crippen LogP contribution in [-0.2, 0) is 19.7 Å². The fraction of sp³-hybridized carbons (Fsp3) is 0.333. The Morgan fingerprint density at radius 3 is 2.21 bits per heavy atom. The summed E-state index contributed by atoms with van der Waals surface area (Å²) in [5.41, 5.74) is -0.291. The predicted octanol–water partition coefficient (Wildman–Crippen LogP) is -1.02. The molecule has 3 N–H and O–H groups in total.